The first kappa shape index (κ1) is 12.2. The van der Waals surface area contributed by atoms with E-state index in [1.165, 1.54) is 6.07 Å². The third-order valence-electron chi connectivity index (χ3n) is 2.71. The fourth-order valence-electron chi connectivity index (χ4n) is 1.77. The van der Waals surface area contributed by atoms with Crippen molar-refractivity contribution in [3.63, 3.8) is 0 Å². The lowest BCUT2D eigenvalue weighted by Crippen LogP contribution is -2.33. The van der Waals surface area contributed by atoms with E-state index in [2.05, 4.69) is 0 Å². The van der Waals surface area contributed by atoms with Crippen LogP contribution in [0.2, 0.25) is 0 Å². The fraction of sp³-hybridized carbons (Fsp3) is 0.455. The molecular weight excluding hydrogens is 247 g/mol. The first-order chi connectivity index (χ1) is 7.99. The highest BCUT2D eigenvalue weighted by molar-refractivity contribution is 7.91. The fourth-order valence-corrected chi connectivity index (χ4v) is 3.42. The normalized spacial score (nSPS) is 23.2. The van der Waals surface area contributed by atoms with E-state index < -0.39 is 26.8 Å². The highest BCUT2D eigenvalue weighted by Crippen LogP contribution is 2.26. The van der Waals surface area contributed by atoms with Gasteiger partial charge in [0.25, 0.3) is 0 Å². The first-order valence-electron chi connectivity index (χ1n) is 5.36. The number of hydrogen-bond donors (Lipinski definition) is 1. The molecule has 0 unspecified atom stereocenters. The monoisotopic (exact) mass is 260 g/mol. The lowest BCUT2D eigenvalue weighted by molar-refractivity contribution is 0.250. The van der Waals surface area contributed by atoms with Gasteiger partial charge in [-0.2, -0.15) is 0 Å². The van der Waals surface area contributed by atoms with Crippen LogP contribution in [0.3, 0.4) is 0 Å². The van der Waals surface area contributed by atoms with Gasteiger partial charge in [-0.05, 0) is 31.4 Å². The van der Waals surface area contributed by atoms with Crippen molar-refractivity contribution in [2.75, 3.05) is 5.75 Å². The Balaban J connectivity index is 2.17. The molecule has 94 valence electrons. The maximum Gasteiger partial charge on any atom is 0.199 e. The lowest BCUT2D eigenvalue weighted by Gasteiger charge is -2.23. The minimum Gasteiger partial charge on any atom is -0.505 e. The van der Waals surface area contributed by atoms with Crippen molar-refractivity contribution in [2.24, 2.45) is 0 Å². The number of phenols is 1. The van der Waals surface area contributed by atoms with Crippen molar-refractivity contribution in [1.82, 2.24) is 0 Å². The standard InChI is InChI=1S/C11H13FO4S/c12-9-7-8(4-5-10(9)13)16-11-3-1-2-6-17(11,14)15/h4-5,7,11,13H,1-3,6H2/t11-/m0/s1. The Kier molecular flexibility index (Phi) is 3.24. The predicted octanol–water partition coefficient (Wildman–Crippen LogP) is 1.83. The summed E-state index contributed by atoms with van der Waals surface area (Å²) in [7, 11) is -3.25. The topological polar surface area (TPSA) is 63.6 Å². The molecule has 0 saturated carbocycles. The molecule has 2 rings (SSSR count). The van der Waals surface area contributed by atoms with Crippen molar-refractivity contribution >= 4 is 9.84 Å². The van der Waals surface area contributed by atoms with E-state index in [-0.39, 0.29) is 11.5 Å². The van der Waals surface area contributed by atoms with Crippen LogP contribution in [-0.4, -0.2) is 24.7 Å². The van der Waals surface area contributed by atoms with Gasteiger partial charge >= 0.3 is 0 Å². The zero-order valence-corrected chi connectivity index (χ0v) is 9.91. The van der Waals surface area contributed by atoms with Crippen LogP contribution in [0, 0.1) is 5.82 Å². The number of benzene rings is 1. The van der Waals surface area contributed by atoms with E-state index >= 15 is 0 Å². The summed E-state index contributed by atoms with van der Waals surface area (Å²) in [5.41, 5.74) is -0.903. The molecule has 0 spiro atoms. The van der Waals surface area contributed by atoms with Crippen LogP contribution in [0.5, 0.6) is 11.5 Å². The Bertz CT molecular complexity index is 512. The number of sulfone groups is 1. The maximum absolute atomic E-state index is 13.0. The molecule has 1 aliphatic rings. The van der Waals surface area contributed by atoms with Crippen LogP contribution in [0.25, 0.3) is 0 Å². The van der Waals surface area contributed by atoms with Gasteiger partial charge in [0.1, 0.15) is 5.75 Å². The van der Waals surface area contributed by atoms with Crippen LogP contribution in [0.4, 0.5) is 4.39 Å². The SMILES string of the molecule is O=S1(=O)CCCC[C@H]1Oc1ccc(O)c(F)c1. The average Bonchev–Trinajstić information content (AvgIpc) is 2.26. The summed E-state index contributed by atoms with van der Waals surface area (Å²) in [5, 5.41) is 9.00. The van der Waals surface area contributed by atoms with Gasteiger partial charge in [0.15, 0.2) is 26.8 Å². The highest BCUT2D eigenvalue weighted by Gasteiger charge is 2.30. The average molecular weight is 260 g/mol. The van der Waals surface area contributed by atoms with E-state index in [1.54, 1.807) is 0 Å². The maximum atomic E-state index is 13.0. The molecule has 0 bridgehead atoms. The summed E-state index contributed by atoms with van der Waals surface area (Å²) in [6.07, 6.45) is 1.85. The van der Waals surface area contributed by atoms with Gasteiger partial charge in [-0.25, -0.2) is 12.8 Å². The molecule has 1 atom stereocenters. The van der Waals surface area contributed by atoms with E-state index in [0.717, 1.165) is 18.6 Å². The van der Waals surface area contributed by atoms with Crippen molar-refractivity contribution in [2.45, 2.75) is 24.7 Å². The second-order valence-corrected chi connectivity index (χ2v) is 6.28. The molecular formula is C11H13FO4S. The summed E-state index contributed by atoms with van der Waals surface area (Å²) < 4.78 is 41.7. The smallest absolute Gasteiger partial charge is 0.199 e. The number of halogens is 1. The number of hydrogen-bond acceptors (Lipinski definition) is 4. The zero-order chi connectivity index (χ0) is 12.5. The molecule has 1 aromatic rings. The number of phenolic OH excluding ortho intramolecular Hbond substituents is 1. The summed E-state index contributed by atoms with van der Waals surface area (Å²) in [6, 6.07) is 3.47. The number of aromatic hydroxyl groups is 1. The minimum absolute atomic E-state index is 0.109. The van der Waals surface area contributed by atoms with Gasteiger partial charge in [-0.1, -0.05) is 0 Å². The second kappa shape index (κ2) is 4.52. The molecule has 0 aromatic heterocycles. The Morgan fingerprint density at radius 3 is 2.76 bits per heavy atom. The van der Waals surface area contributed by atoms with Crippen LogP contribution in [0.15, 0.2) is 18.2 Å². The third-order valence-corrected chi connectivity index (χ3v) is 4.70. The summed E-state index contributed by atoms with van der Waals surface area (Å²) in [6.45, 7) is 0. The van der Waals surface area contributed by atoms with Crippen molar-refractivity contribution in [1.29, 1.82) is 0 Å². The van der Waals surface area contributed by atoms with Crippen LogP contribution >= 0.6 is 0 Å². The van der Waals surface area contributed by atoms with Gasteiger partial charge in [0, 0.05) is 6.07 Å². The third kappa shape index (κ3) is 2.69. The molecule has 1 aromatic carbocycles. The van der Waals surface area contributed by atoms with E-state index in [9.17, 15) is 12.8 Å². The van der Waals surface area contributed by atoms with Gasteiger partial charge in [0.05, 0.1) is 5.75 Å². The largest absolute Gasteiger partial charge is 0.505 e. The molecule has 1 fully saturated rings. The molecule has 6 heteroatoms. The second-order valence-electron chi connectivity index (χ2n) is 4.02. The molecule has 17 heavy (non-hydrogen) atoms. The zero-order valence-electron chi connectivity index (χ0n) is 9.10. The lowest BCUT2D eigenvalue weighted by atomic mass is 10.2. The molecule has 4 nitrogen and oxygen atoms in total. The molecule has 0 aliphatic carbocycles. The quantitative estimate of drug-likeness (QED) is 0.881. The molecule has 1 saturated heterocycles. The van der Waals surface area contributed by atoms with E-state index in [1.807, 2.05) is 0 Å². The Morgan fingerprint density at radius 2 is 2.12 bits per heavy atom. The first-order valence-corrected chi connectivity index (χ1v) is 7.07. The Labute approximate surface area is 98.9 Å². The van der Waals surface area contributed by atoms with Gasteiger partial charge < -0.3 is 9.84 Å². The predicted molar refractivity (Wildman–Crippen MR) is 60.1 cm³/mol. The van der Waals surface area contributed by atoms with E-state index in [4.69, 9.17) is 9.84 Å². The van der Waals surface area contributed by atoms with Crippen molar-refractivity contribution in [3.8, 4) is 11.5 Å². The number of ether oxygens (including phenoxy) is 1. The molecule has 1 N–H and O–H groups in total. The summed E-state index contributed by atoms with van der Waals surface area (Å²) in [5.74, 6) is -1.08. The summed E-state index contributed by atoms with van der Waals surface area (Å²) >= 11 is 0. The Hall–Kier alpha value is -1.30. The minimum atomic E-state index is -3.25. The van der Waals surface area contributed by atoms with E-state index in [0.29, 0.717) is 12.8 Å². The van der Waals surface area contributed by atoms with Gasteiger partial charge in [0.2, 0.25) is 0 Å². The van der Waals surface area contributed by atoms with Gasteiger partial charge in [-0.15, -0.1) is 0 Å². The molecule has 1 aliphatic heterocycles. The molecule has 1 heterocycles. The van der Waals surface area contributed by atoms with Crippen molar-refractivity contribution in [3.05, 3.63) is 24.0 Å². The molecule has 0 radical (unpaired) electrons. The van der Waals surface area contributed by atoms with Gasteiger partial charge in [-0.3, -0.25) is 0 Å². The van der Waals surface area contributed by atoms with Crippen LogP contribution in [-0.2, 0) is 9.84 Å². The molecule has 0 amide bonds. The summed E-state index contributed by atoms with van der Waals surface area (Å²) in [4.78, 5) is 0. The highest BCUT2D eigenvalue weighted by atomic mass is 32.2. The van der Waals surface area contributed by atoms with Crippen molar-refractivity contribution < 1.29 is 22.7 Å². The Morgan fingerprint density at radius 1 is 1.35 bits per heavy atom. The number of rotatable bonds is 2. The van der Waals surface area contributed by atoms with Crippen LogP contribution < -0.4 is 4.74 Å². The van der Waals surface area contributed by atoms with Crippen LogP contribution in [0.1, 0.15) is 19.3 Å².